The largest absolute Gasteiger partial charge is 0.493 e. The number of aryl methyl sites for hydroxylation is 1. The van der Waals surface area contributed by atoms with Gasteiger partial charge < -0.3 is 19.5 Å². The average molecular weight is 419 g/mol. The molecule has 0 aliphatic heterocycles. The van der Waals surface area contributed by atoms with E-state index in [2.05, 4.69) is 15.8 Å². The molecule has 0 aliphatic rings. The maximum atomic E-state index is 11.9. The molecular weight excluding hydrogens is 394 g/mol. The summed E-state index contributed by atoms with van der Waals surface area (Å²) in [6.45, 7) is 2.82. The summed E-state index contributed by atoms with van der Waals surface area (Å²) in [6, 6.07) is 21.9. The highest BCUT2D eigenvalue weighted by atomic mass is 16.5. The molecule has 2 N–H and O–H groups in total. The van der Waals surface area contributed by atoms with Crippen molar-refractivity contribution in [2.75, 3.05) is 25.6 Å². The quantitative estimate of drug-likeness (QED) is 0.301. The fourth-order valence-corrected chi connectivity index (χ4v) is 2.68. The normalized spacial score (nSPS) is 10.5. The third-order valence-corrected chi connectivity index (χ3v) is 4.23. The van der Waals surface area contributed by atoms with Crippen molar-refractivity contribution >= 4 is 17.9 Å². The maximum Gasteiger partial charge on any atom is 0.339 e. The van der Waals surface area contributed by atoms with E-state index in [1.165, 1.54) is 11.8 Å². The number of ether oxygens (including phenoxy) is 3. The number of anilines is 1. The molecule has 3 aromatic rings. The fraction of sp³-hybridized carbons (Fsp3) is 0.167. The molecule has 2 amide bonds. The van der Waals surface area contributed by atoms with E-state index in [0.717, 1.165) is 11.3 Å². The summed E-state index contributed by atoms with van der Waals surface area (Å²) in [4.78, 5) is 11.9. The lowest BCUT2D eigenvalue weighted by molar-refractivity contribution is 0.211. The third-order valence-electron chi connectivity index (χ3n) is 4.23. The fourth-order valence-electron chi connectivity index (χ4n) is 2.68. The summed E-state index contributed by atoms with van der Waals surface area (Å²) in [5, 5.41) is 6.64. The third kappa shape index (κ3) is 7.08. The predicted octanol–water partition coefficient (Wildman–Crippen LogP) is 4.62. The minimum Gasteiger partial charge on any atom is -0.493 e. The molecule has 0 unspecified atom stereocenters. The lowest BCUT2D eigenvalue weighted by Crippen LogP contribution is -2.24. The highest BCUT2D eigenvalue weighted by Crippen LogP contribution is 2.27. The first kappa shape index (κ1) is 21.7. The van der Waals surface area contributed by atoms with Crippen LogP contribution in [0.4, 0.5) is 10.5 Å². The molecule has 0 saturated carbocycles. The summed E-state index contributed by atoms with van der Waals surface area (Å²) < 4.78 is 16.8. The number of nitrogens with zero attached hydrogens (tertiary/aromatic N) is 1. The molecule has 160 valence electrons. The number of hydrogen-bond acceptors (Lipinski definition) is 5. The van der Waals surface area contributed by atoms with Crippen molar-refractivity contribution in [1.29, 1.82) is 0 Å². The van der Waals surface area contributed by atoms with E-state index in [1.54, 1.807) is 31.4 Å². The Morgan fingerprint density at radius 1 is 0.935 bits per heavy atom. The standard InChI is InChI=1S/C24H25N3O4/c1-18-8-11-21(12-9-18)30-14-15-31-22-13-10-19(16-23(22)29-2)17-25-27-24(28)26-20-6-4-3-5-7-20/h3-13,16-17H,14-15H2,1-2H3,(H2,26,27,28)/b25-17-. The Morgan fingerprint density at radius 3 is 2.42 bits per heavy atom. The number of hydrazone groups is 1. The van der Waals surface area contributed by atoms with Crippen LogP contribution in [0.25, 0.3) is 0 Å². The minimum atomic E-state index is -0.428. The van der Waals surface area contributed by atoms with Gasteiger partial charge in [-0.15, -0.1) is 0 Å². The lowest BCUT2D eigenvalue weighted by atomic mass is 10.2. The second kappa shape index (κ2) is 11.3. The lowest BCUT2D eigenvalue weighted by Gasteiger charge is -2.12. The van der Waals surface area contributed by atoms with Gasteiger partial charge in [0.1, 0.15) is 19.0 Å². The highest BCUT2D eigenvalue weighted by molar-refractivity contribution is 5.90. The molecule has 7 nitrogen and oxygen atoms in total. The molecule has 3 aromatic carbocycles. The van der Waals surface area contributed by atoms with Crippen LogP contribution in [-0.4, -0.2) is 32.6 Å². The number of hydrogen-bond donors (Lipinski definition) is 2. The molecule has 0 saturated heterocycles. The Labute approximate surface area is 181 Å². The van der Waals surface area contributed by atoms with Gasteiger partial charge in [-0.2, -0.15) is 5.10 Å². The summed E-state index contributed by atoms with van der Waals surface area (Å²) in [5.74, 6) is 1.96. The zero-order valence-electron chi connectivity index (χ0n) is 17.5. The molecule has 0 bridgehead atoms. The van der Waals surface area contributed by atoms with Gasteiger partial charge in [0.05, 0.1) is 13.3 Å². The van der Waals surface area contributed by atoms with E-state index >= 15 is 0 Å². The van der Waals surface area contributed by atoms with Crippen LogP contribution in [0, 0.1) is 6.92 Å². The van der Waals surface area contributed by atoms with Crippen molar-refractivity contribution < 1.29 is 19.0 Å². The predicted molar refractivity (Wildman–Crippen MR) is 121 cm³/mol. The number of rotatable bonds is 9. The molecule has 3 rings (SSSR count). The average Bonchev–Trinajstić information content (AvgIpc) is 2.79. The van der Waals surface area contributed by atoms with Crippen molar-refractivity contribution in [3.8, 4) is 17.2 Å². The van der Waals surface area contributed by atoms with Gasteiger partial charge in [0, 0.05) is 5.69 Å². The van der Waals surface area contributed by atoms with Crippen LogP contribution in [0.1, 0.15) is 11.1 Å². The number of carbonyl (C=O) groups is 1. The number of methoxy groups -OCH3 is 1. The molecule has 31 heavy (non-hydrogen) atoms. The molecule has 0 fully saturated rings. The number of amides is 2. The van der Waals surface area contributed by atoms with Gasteiger partial charge in [-0.05, 0) is 55.0 Å². The number of nitrogens with one attached hydrogen (secondary N) is 2. The van der Waals surface area contributed by atoms with E-state index in [4.69, 9.17) is 14.2 Å². The Balaban J connectivity index is 1.47. The summed E-state index contributed by atoms with van der Waals surface area (Å²) in [7, 11) is 1.57. The van der Waals surface area contributed by atoms with Crippen molar-refractivity contribution in [1.82, 2.24) is 5.43 Å². The zero-order chi connectivity index (χ0) is 21.9. The first-order chi connectivity index (χ1) is 15.1. The van der Waals surface area contributed by atoms with Gasteiger partial charge in [-0.25, -0.2) is 10.2 Å². The molecular formula is C24H25N3O4. The first-order valence-electron chi connectivity index (χ1n) is 9.79. The Bertz CT molecular complexity index is 1010. The van der Waals surface area contributed by atoms with Crippen LogP contribution in [0.5, 0.6) is 17.2 Å². The molecule has 7 heteroatoms. The number of para-hydroxylation sites is 1. The highest BCUT2D eigenvalue weighted by Gasteiger charge is 2.06. The summed E-state index contributed by atoms with van der Waals surface area (Å²) in [5.41, 5.74) is 5.04. The molecule has 0 spiro atoms. The Kier molecular flexibility index (Phi) is 7.88. The molecule has 0 radical (unpaired) electrons. The number of carbonyl (C=O) groups excluding carboxylic acids is 1. The molecule has 0 aromatic heterocycles. The van der Waals surface area contributed by atoms with Crippen LogP contribution in [-0.2, 0) is 0 Å². The zero-order valence-corrected chi connectivity index (χ0v) is 17.5. The van der Waals surface area contributed by atoms with Gasteiger partial charge >= 0.3 is 6.03 Å². The van der Waals surface area contributed by atoms with E-state index in [-0.39, 0.29) is 0 Å². The Morgan fingerprint density at radius 2 is 1.68 bits per heavy atom. The van der Waals surface area contributed by atoms with Crippen molar-refractivity contribution in [3.05, 3.63) is 83.9 Å². The number of benzene rings is 3. The minimum absolute atomic E-state index is 0.374. The SMILES string of the molecule is COc1cc(/C=N\NC(=O)Nc2ccccc2)ccc1OCCOc1ccc(C)cc1. The van der Waals surface area contributed by atoms with Gasteiger partial charge in [0.25, 0.3) is 0 Å². The van der Waals surface area contributed by atoms with Gasteiger partial charge in [-0.1, -0.05) is 35.9 Å². The topological polar surface area (TPSA) is 81.2 Å². The van der Waals surface area contributed by atoms with E-state index < -0.39 is 6.03 Å². The number of urea groups is 1. The van der Waals surface area contributed by atoms with E-state index in [9.17, 15) is 4.79 Å². The summed E-state index contributed by atoms with van der Waals surface area (Å²) >= 11 is 0. The monoisotopic (exact) mass is 419 g/mol. The maximum absolute atomic E-state index is 11.9. The van der Waals surface area contributed by atoms with Crippen LogP contribution in [0.3, 0.4) is 0 Å². The van der Waals surface area contributed by atoms with Crippen molar-refractivity contribution in [2.45, 2.75) is 6.92 Å². The first-order valence-corrected chi connectivity index (χ1v) is 9.79. The van der Waals surface area contributed by atoms with Crippen LogP contribution >= 0.6 is 0 Å². The molecule has 0 aliphatic carbocycles. The second-order valence-electron chi connectivity index (χ2n) is 6.61. The van der Waals surface area contributed by atoms with Crippen molar-refractivity contribution in [3.63, 3.8) is 0 Å². The van der Waals surface area contributed by atoms with E-state index in [0.29, 0.717) is 30.4 Å². The van der Waals surface area contributed by atoms with Crippen molar-refractivity contribution in [2.24, 2.45) is 5.10 Å². The van der Waals surface area contributed by atoms with Gasteiger partial charge in [-0.3, -0.25) is 0 Å². The van der Waals surface area contributed by atoms with Crippen LogP contribution in [0.2, 0.25) is 0 Å². The van der Waals surface area contributed by atoms with Gasteiger partial charge in [0.15, 0.2) is 11.5 Å². The second-order valence-corrected chi connectivity index (χ2v) is 6.61. The van der Waals surface area contributed by atoms with Gasteiger partial charge in [0.2, 0.25) is 0 Å². The Hall–Kier alpha value is -4.00. The molecule has 0 heterocycles. The van der Waals surface area contributed by atoms with E-state index in [1.807, 2.05) is 55.5 Å². The summed E-state index contributed by atoms with van der Waals surface area (Å²) in [6.07, 6.45) is 1.53. The molecule has 0 atom stereocenters. The smallest absolute Gasteiger partial charge is 0.339 e. The van der Waals surface area contributed by atoms with Crippen LogP contribution in [0.15, 0.2) is 77.9 Å². The van der Waals surface area contributed by atoms with Crippen LogP contribution < -0.4 is 25.0 Å².